The molecule has 0 aliphatic carbocycles. The predicted octanol–water partition coefficient (Wildman–Crippen LogP) is 7.59. The van der Waals surface area contributed by atoms with Crippen LogP contribution in [0.25, 0.3) is 0 Å². The van der Waals surface area contributed by atoms with Gasteiger partial charge in [0.25, 0.3) is 5.91 Å². The van der Waals surface area contributed by atoms with Crippen LogP contribution in [-0.2, 0) is 9.53 Å². The standard InChI is InChI=1S/C28H43F2NO3/c1-2-3-4-5-6-7-8-9-10-11-12-13-14-15-21-34-28(33)26-17-16-20-31(26)27(32)24-19-18-23(29)22-25(24)30/h18-19,22,26H,2-17,20-21H2,1H3. The van der Waals surface area contributed by atoms with E-state index in [-0.39, 0.29) is 5.56 Å². The maximum Gasteiger partial charge on any atom is 0.328 e. The molecule has 34 heavy (non-hydrogen) atoms. The number of amides is 1. The Hall–Kier alpha value is -1.98. The Bertz CT molecular complexity index is 740. The summed E-state index contributed by atoms with van der Waals surface area (Å²) in [6, 6.07) is 2.17. The molecular formula is C28H43F2NO3. The molecule has 6 heteroatoms. The molecule has 1 unspecified atom stereocenters. The lowest BCUT2D eigenvalue weighted by Crippen LogP contribution is -2.41. The molecule has 1 aliphatic rings. The first-order valence-corrected chi connectivity index (χ1v) is 13.5. The van der Waals surface area contributed by atoms with Crippen LogP contribution in [-0.4, -0.2) is 36.0 Å². The third-order valence-corrected chi connectivity index (χ3v) is 6.69. The van der Waals surface area contributed by atoms with Gasteiger partial charge in [0.05, 0.1) is 12.2 Å². The second-order valence-corrected chi connectivity index (χ2v) is 9.54. The average molecular weight is 480 g/mol. The minimum Gasteiger partial charge on any atom is -0.464 e. The smallest absolute Gasteiger partial charge is 0.328 e. The number of nitrogens with zero attached hydrogens (tertiary/aromatic N) is 1. The molecule has 192 valence electrons. The molecule has 0 aromatic heterocycles. The fraction of sp³-hybridized carbons (Fsp3) is 0.714. The number of rotatable bonds is 17. The zero-order valence-electron chi connectivity index (χ0n) is 21.0. The number of benzene rings is 1. The monoisotopic (exact) mass is 479 g/mol. The largest absolute Gasteiger partial charge is 0.464 e. The fourth-order valence-electron chi connectivity index (χ4n) is 4.64. The van der Waals surface area contributed by atoms with Crippen LogP contribution in [0.3, 0.4) is 0 Å². The first-order chi connectivity index (χ1) is 16.5. The lowest BCUT2D eigenvalue weighted by molar-refractivity contribution is -0.148. The summed E-state index contributed by atoms with van der Waals surface area (Å²) in [4.78, 5) is 26.5. The molecule has 1 aromatic carbocycles. The van der Waals surface area contributed by atoms with Gasteiger partial charge in [0.2, 0.25) is 0 Å². The van der Waals surface area contributed by atoms with Gasteiger partial charge in [-0.2, -0.15) is 0 Å². The van der Waals surface area contributed by atoms with Crippen LogP contribution in [0, 0.1) is 11.6 Å². The summed E-state index contributed by atoms with van der Waals surface area (Å²) in [6.07, 6.45) is 18.9. The van der Waals surface area contributed by atoms with E-state index in [9.17, 15) is 18.4 Å². The van der Waals surface area contributed by atoms with Crippen LogP contribution in [0.4, 0.5) is 8.78 Å². The van der Waals surface area contributed by atoms with Crippen LogP contribution in [0.1, 0.15) is 120 Å². The molecule has 1 saturated heterocycles. The van der Waals surface area contributed by atoms with E-state index >= 15 is 0 Å². The predicted molar refractivity (Wildman–Crippen MR) is 132 cm³/mol. The fourth-order valence-corrected chi connectivity index (χ4v) is 4.64. The van der Waals surface area contributed by atoms with E-state index in [1.54, 1.807) is 0 Å². The van der Waals surface area contributed by atoms with E-state index < -0.39 is 29.6 Å². The summed E-state index contributed by atoms with van der Waals surface area (Å²) in [7, 11) is 0. The quantitative estimate of drug-likeness (QED) is 0.171. The highest BCUT2D eigenvalue weighted by Crippen LogP contribution is 2.23. The van der Waals surface area contributed by atoms with Gasteiger partial charge in [-0.15, -0.1) is 0 Å². The van der Waals surface area contributed by atoms with E-state index in [1.807, 2.05) is 0 Å². The van der Waals surface area contributed by atoms with Gasteiger partial charge in [-0.3, -0.25) is 4.79 Å². The van der Waals surface area contributed by atoms with Crippen molar-refractivity contribution in [2.24, 2.45) is 0 Å². The van der Waals surface area contributed by atoms with E-state index in [0.29, 0.717) is 32.1 Å². The third-order valence-electron chi connectivity index (χ3n) is 6.69. The van der Waals surface area contributed by atoms with Gasteiger partial charge in [0.1, 0.15) is 17.7 Å². The van der Waals surface area contributed by atoms with Crippen molar-refractivity contribution < 1.29 is 23.1 Å². The molecule has 1 heterocycles. The molecule has 0 saturated carbocycles. The van der Waals surface area contributed by atoms with Crippen molar-refractivity contribution in [1.82, 2.24) is 4.90 Å². The molecule has 1 aliphatic heterocycles. The van der Waals surface area contributed by atoms with E-state index in [4.69, 9.17) is 4.74 Å². The maximum atomic E-state index is 14.0. The first kappa shape index (κ1) is 28.3. The number of esters is 1. The maximum absolute atomic E-state index is 14.0. The molecule has 1 aromatic rings. The topological polar surface area (TPSA) is 46.6 Å². The van der Waals surface area contributed by atoms with Crippen molar-refractivity contribution in [2.45, 2.75) is 116 Å². The third kappa shape index (κ3) is 10.1. The van der Waals surface area contributed by atoms with Crippen LogP contribution < -0.4 is 0 Å². The summed E-state index contributed by atoms with van der Waals surface area (Å²) in [5.74, 6) is -2.66. The normalized spacial score (nSPS) is 15.6. The van der Waals surface area contributed by atoms with E-state index in [1.165, 1.54) is 75.5 Å². The van der Waals surface area contributed by atoms with Crippen molar-refractivity contribution in [2.75, 3.05) is 13.2 Å². The Balaban J connectivity index is 1.52. The van der Waals surface area contributed by atoms with Gasteiger partial charge in [-0.25, -0.2) is 13.6 Å². The van der Waals surface area contributed by atoms with Gasteiger partial charge in [0, 0.05) is 12.6 Å². The van der Waals surface area contributed by atoms with Crippen molar-refractivity contribution in [3.63, 3.8) is 0 Å². The van der Waals surface area contributed by atoms with Gasteiger partial charge in [0.15, 0.2) is 0 Å². The minimum atomic E-state index is -0.911. The number of hydrogen-bond donors (Lipinski definition) is 0. The van der Waals surface area contributed by atoms with Crippen LogP contribution >= 0.6 is 0 Å². The molecule has 1 fully saturated rings. The number of halogens is 2. The highest BCUT2D eigenvalue weighted by atomic mass is 19.1. The summed E-state index contributed by atoms with van der Waals surface area (Å²) in [6.45, 7) is 2.97. The second-order valence-electron chi connectivity index (χ2n) is 9.54. The van der Waals surface area contributed by atoms with Crippen LogP contribution in [0.2, 0.25) is 0 Å². The Kier molecular flexibility index (Phi) is 13.8. The molecule has 1 atom stereocenters. The number of carbonyl (C=O) groups is 2. The summed E-state index contributed by atoms with van der Waals surface area (Å²) in [5, 5.41) is 0. The molecule has 0 N–H and O–H groups in total. The lowest BCUT2D eigenvalue weighted by Gasteiger charge is -2.23. The summed E-state index contributed by atoms with van der Waals surface area (Å²) < 4.78 is 32.5. The summed E-state index contributed by atoms with van der Waals surface area (Å²) in [5.41, 5.74) is -0.215. The van der Waals surface area contributed by atoms with Crippen LogP contribution in [0.5, 0.6) is 0 Å². The average Bonchev–Trinajstić information content (AvgIpc) is 3.31. The van der Waals surface area contributed by atoms with E-state index in [2.05, 4.69) is 6.92 Å². The molecule has 2 rings (SSSR count). The molecule has 0 spiro atoms. The van der Waals surface area contributed by atoms with Gasteiger partial charge < -0.3 is 9.64 Å². The molecular weight excluding hydrogens is 436 g/mol. The lowest BCUT2D eigenvalue weighted by atomic mass is 10.0. The van der Waals surface area contributed by atoms with Crippen molar-refractivity contribution in [3.05, 3.63) is 35.4 Å². The number of carbonyl (C=O) groups excluding carboxylic acids is 2. The highest BCUT2D eigenvalue weighted by Gasteiger charge is 2.36. The van der Waals surface area contributed by atoms with E-state index in [0.717, 1.165) is 31.4 Å². The number of likely N-dealkylation sites (tertiary alicyclic amines) is 1. The zero-order chi connectivity index (χ0) is 24.6. The Morgan fingerprint density at radius 1 is 0.882 bits per heavy atom. The molecule has 1 amide bonds. The Labute approximate surface area is 204 Å². The Morgan fingerprint density at radius 3 is 2.00 bits per heavy atom. The molecule has 4 nitrogen and oxygen atoms in total. The number of unbranched alkanes of at least 4 members (excludes halogenated alkanes) is 13. The highest BCUT2D eigenvalue weighted by molar-refractivity contribution is 5.97. The summed E-state index contributed by atoms with van der Waals surface area (Å²) >= 11 is 0. The number of ether oxygens (including phenoxy) is 1. The first-order valence-electron chi connectivity index (χ1n) is 13.5. The molecule has 0 bridgehead atoms. The van der Waals surface area contributed by atoms with Crippen molar-refractivity contribution >= 4 is 11.9 Å². The zero-order valence-corrected chi connectivity index (χ0v) is 21.0. The molecule has 0 radical (unpaired) electrons. The van der Waals surface area contributed by atoms with Gasteiger partial charge in [-0.1, -0.05) is 90.4 Å². The minimum absolute atomic E-state index is 0.215. The Morgan fingerprint density at radius 2 is 1.44 bits per heavy atom. The van der Waals surface area contributed by atoms with Crippen molar-refractivity contribution in [3.8, 4) is 0 Å². The van der Waals surface area contributed by atoms with Crippen molar-refractivity contribution in [1.29, 1.82) is 0 Å². The van der Waals surface area contributed by atoms with Crippen LogP contribution in [0.15, 0.2) is 18.2 Å². The number of hydrogen-bond acceptors (Lipinski definition) is 3. The van der Waals surface area contributed by atoms with Gasteiger partial charge >= 0.3 is 5.97 Å². The van der Waals surface area contributed by atoms with Gasteiger partial charge in [-0.05, 0) is 31.4 Å². The SMILES string of the molecule is CCCCCCCCCCCCCCCCOC(=O)C1CCCN1C(=O)c1ccc(F)cc1F. The second kappa shape index (κ2) is 16.6.